The number of hydrogen-bond donors (Lipinski definition) is 0. The molecule has 0 bridgehead atoms. The van der Waals surface area contributed by atoms with Gasteiger partial charge >= 0.3 is 0 Å². The SMILES string of the molecule is CC1Cc2ccccc2N1C(=O)CSc1nnc(-c2ccc(C(C)(C)C)cc2)n1Cc1ccccc1. The van der Waals surface area contributed by atoms with Crippen LogP contribution in [0.2, 0.25) is 0 Å². The monoisotopic (exact) mass is 496 g/mol. The van der Waals surface area contributed by atoms with Crippen LogP contribution >= 0.6 is 11.8 Å². The van der Waals surface area contributed by atoms with Crippen LogP contribution in [-0.4, -0.2) is 32.5 Å². The molecule has 0 saturated carbocycles. The number of thioether (sulfide) groups is 1. The molecule has 0 spiro atoms. The first kappa shape index (κ1) is 24.3. The van der Waals surface area contributed by atoms with E-state index in [9.17, 15) is 4.79 Å². The average Bonchev–Trinajstić information content (AvgIpc) is 3.42. The molecular formula is C30H32N4OS. The Morgan fingerprint density at radius 3 is 2.36 bits per heavy atom. The predicted octanol–water partition coefficient (Wildman–Crippen LogP) is 6.36. The molecule has 1 aliphatic rings. The summed E-state index contributed by atoms with van der Waals surface area (Å²) >= 11 is 1.46. The number of amides is 1. The van der Waals surface area contributed by atoms with E-state index >= 15 is 0 Å². The molecule has 4 aromatic rings. The Hall–Kier alpha value is -3.38. The number of nitrogens with zero attached hydrogens (tertiary/aromatic N) is 4. The van der Waals surface area contributed by atoms with Gasteiger partial charge in [-0.2, -0.15) is 0 Å². The van der Waals surface area contributed by atoms with Gasteiger partial charge in [-0.1, -0.05) is 105 Å². The molecule has 0 N–H and O–H groups in total. The van der Waals surface area contributed by atoms with Gasteiger partial charge in [0, 0.05) is 17.3 Å². The van der Waals surface area contributed by atoms with Crippen molar-refractivity contribution >= 4 is 23.4 Å². The summed E-state index contributed by atoms with van der Waals surface area (Å²) in [5.74, 6) is 1.23. The Bertz CT molecular complexity index is 1360. The van der Waals surface area contributed by atoms with Crippen molar-refractivity contribution in [2.24, 2.45) is 0 Å². The molecule has 36 heavy (non-hydrogen) atoms. The molecule has 0 radical (unpaired) electrons. The number of hydrogen-bond acceptors (Lipinski definition) is 4. The minimum Gasteiger partial charge on any atom is -0.308 e. The average molecular weight is 497 g/mol. The van der Waals surface area contributed by atoms with Crippen LogP contribution in [0, 0.1) is 0 Å². The fourth-order valence-corrected chi connectivity index (χ4v) is 5.58. The first-order chi connectivity index (χ1) is 17.3. The van der Waals surface area contributed by atoms with Crippen molar-refractivity contribution in [2.75, 3.05) is 10.7 Å². The minimum absolute atomic E-state index is 0.0863. The van der Waals surface area contributed by atoms with Crippen molar-refractivity contribution in [2.45, 2.75) is 57.3 Å². The van der Waals surface area contributed by atoms with E-state index in [-0.39, 0.29) is 17.4 Å². The smallest absolute Gasteiger partial charge is 0.237 e. The van der Waals surface area contributed by atoms with Gasteiger partial charge in [0.1, 0.15) is 0 Å². The second kappa shape index (κ2) is 9.94. The lowest BCUT2D eigenvalue weighted by molar-refractivity contribution is -0.116. The van der Waals surface area contributed by atoms with Crippen LogP contribution in [0.5, 0.6) is 0 Å². The number of aromatic nitrogens is 3. The molecule has 2 heterocycles. The maximum atomic E-state index is 13.3. The minimum atomic E-state index is 0.0863. The van der Waals surface area contributed by atoms with Crippen molar-refractivity contribution in [3.8, 4) is 11.4 Å². The standard InChI is InChI=1S/C30H32N4OS/c1-21-18-24-12-8-9-13-26(24)34(21)27(35)20-36-29-32-31-28(33(29)19-22-10-6-5-7-11-22)23-14-16-25(17-15-23)30(2,3)4/h5-17,21H,18-20H2,1-4H3. The lowest BCUT2D eigenvalue weighted by atomic mass is 9.87. The third kappa shape index (κ3) is 4.96. The van der Waals surface area contributed by atoms with Gasteiger partial charge in [0.05, 0.1) is 12.3 Å². The van der Waals surface area contributed by atoms with Gasteiger partial charge in [-0.25, -0.2) is 0 Å². The Morgan fingerprint density at radius 1 is 0.944 bits per heavy atom. The molecule has 3 aromatic carbocycles. The highest BCUT2D eigenvalue weighted by Crippen LogP contribution is 2.33. The molecule has 1 amide bonds. The summed E-state index contributed by atoms with van der Waals surface area (Å²) in [5.41, 5.74) is 5.81. The molecule has 184 valence electrons. The molecule has 1 aromatic heterocycles. The van der Waals surface area contributed by atoms with Gasteiger partial charge in [-0.15, -0.1) is 10.2 Å². The Balaban J connectivity index is 1.41. The first-order valence-corrected chi connectivity index (χ1v) is 13.4. The molecule has 0 fully saturated rings. The van der Waals surface area contributed by atoms with E-state index in [4.69, 9.17) is 0 Å². The van der Waals surface area contributed by atoms with Crippen LogP contribution in [0.3, 0.4) is 0 Å². The molecule has 0 saturated heterocycles. The molecule has 1 unspecified atom stereocenters. The fraction of sp³-hybridized carbons (Fsp3) is 0.300. The third-order valence-electron chi connectivity index (χ3n) is 6.71. The van der Waals surface area contributed by atoms with Crippen molar-refractivity contribution in [1.29, 1.82) is 0 Å². The lowest BCUT2D eigenvalue weighted by Gasteiger charge is -2.22. The molecule has 5 nitrogen and oxygen atoms in total. The van der Waals surface area contributed by atoms with Crippen molar-refractivity contribution in [3.63, 3.8) is 0 Å². The van der Waals surface area contributed by atoms with E-state index in [0.717, 1.165) is 28.7 Å². The second-order valence-electron chi connectivity index (χ2n) is 10.4. The van der Waals surface area contributed by atoms with E-state index < -0.39 is 0 Å². The number of carbonyl (C=O) groups is 1. The quantitative estimate of drug-likeness (QED) is 0.292. The van der Waals surface area contributed by atoms with E-state index in [1.807, 2.05) is 41.3 Å². The summed E-state index contributed by atoms with van der Waals surface area (Å²) in [4.78, 5) is 15.3. The van der Waals surface area contributed by atoms with Crippen LogP contribution in [0.1, 0.15) is 44.4 Å². The Morgan fingerprint density at radius 2 is 1.64 bits per heavy atom. The van der Waals surface area contributed by atoms with Crippen molar-refractivity contribution in [3.05, 3.63) is 95.6 Å². The largest absolute Gasteiger partial charge is 0.308 e. The maximum absolute atomic E-state index is 13.3. The maximum Gasteiger partial charge on any atom is 0.237 e. The van der Waals surface area contributed by atoms with Crippen LogP contribution in [-0.2, 0) is 23.2 Å². The number of anilines is 1. The molecule has 1 aliphatic heterocycles. The van der Waals surface area contributed by atoms with Crippen molar-refractivity contribution < 1.29 is 4.79 Å². The number of carbonyl (C=O) groups excluding carboxylic acids is 1. The summed E-state index contributed by atoms with van der Waals surface area (Å²) < 4.78 is 2.13. The van der Waals surface area contributed by atoms with E-state index in [1.54, 1.807) is 0 Å². The molecule has 1 atom stereocenters. The molecule has 5 rings (SSSR count). The lowest BCUT2D eigenvalue weighted by Crippen LogP contribution is -2.37. The van der Waals surface area contributed by atoms with Crippen LogP contribution < -0.4 is 4.90 Å². The first-order valence-electron chi connectivity index (χ1n) is 12.4. The molecular weight excluding hydrogens is 464 g/mol. The van der Waals surface area contributed by atoms with E-state index in [1.165, 1.54) is 28.5 Å². The zero-order chi connectivity index (χ0) is 25.3. The van der Waals surface area contributed by atoms with Crippen LogP contribution in [0.25, 0.3) is 11.4 Å². The zero-order valence-electron chi connectivity index (χ0n) is 21.3. The summed E-state index contributed by atoms with van der Waals surface area (Å²) in [6.45, 7) is 9.39. The molecule has 6 heteroatoms. The van der Waals surface area contributed by atoms with E-state index in [0.29, 0.717) is 12.3 Å². The fourth-order valence-electron chi connectivity index (χ4n) is 4.78. The zero-order valence-corrected chi connectivity index (χ0v) is 22.1. The van der Waals surface area contributed by atoms with Crippen LogP contribution in [0.15, 0.2) is 84.0 Å². The van der Waals surface area contributed by atoms with Crippen molar-refractivity contribution in [1.82, 2.24) is 14.8 Å². The van der Waals surface area contributed by atoms with Crippen LogP contribution in [0.4, 0.5) is 5.69 Å². The Labute approximate surface area is 217 Å². The summed E-state index contributed by atoms with van der Waals surface area (Å²) in [6, 6.07) is 27.2. The van der Waals surface area contributed by atoms with Gasteiger partial charge in [-0.3, -0.25) is 9.36 Å². The summed E-state index contributed by atoms with van der Waals surface area (Å²) in [7, 11) is 0. The highest BCUT2D eigenvalue weighted by atomic mass is 32.2. The number of benzene rings is 3. The van der Waals surface area contributed by atoms with E-state index in [2.05, 4.69) is 84.9 Å². The highest BCUT2D eigenvalue weighted by molar-refractivity contribution is 7.99. The van der Waals surface area contributed by atoms with Gasteiger partial charge in [0.15, 0.2) is 11.0 Å². The Kier molecular flexibility index (Phi) is 6.71. The highest BCUT2D eigenvalue weighted by Gasteiger charge is 2.30. The number of rotatable bonds is 6. The summed E-state index contributed by atoms with van der Waals surface area (Å²) in [5, 5.41) is 9.85. The third-order valence-corrected chi connectivity index (χ3v) is 7.66. The normalized spacial score (nSPS) is 15.2. The summed E-state index contributed by atoms with van der Waals surface area (Å²) in [6.07, 6.45) is 0.894. The van der Waals surface area contributed by atoms with Gasteiger partial charge in [-0.05, 0) is 41.5 Å². The number of para-hydroxylation sites is 1. The predicted molar refractivity (Wildman–Crippen MR) is 148 cm³/mol. The number of fused-ring (bicyclic) bond motifs is 1. The molecule has 0 aliphatic carbocycles. The second-order valence-corrected chi connectivity index (χ2v) is 11.4. The van der Waals surface area contributed by atoms with Gasteiger partial charge in [0.2, 0.25) is 5.91 Å². The van der Waals surface area contributed by atoms with Gasteiger partial charge in [0.25, 0.3) is 0 Å². The van der Waals surface area contributed by atoms with Gasteiger partial charge < -0.3 is 4.90 Å². The topological polar surface area (TPSA) is 51.0 Å².